The fourth-order valence-electron chi connectivity index (χ4n) is 0.721. The molecular formula is C8H8F2O2. The van der Waals surface area contributed by atoms with E-state index in [-0.39, 0.29) is 11.5 Å². The summed E-state index contributed by atoms with van der Waals surface area (Å²) in [7, 11) is 0. The number of phenolic OH excluding ortho intramolecular Hbond substituents is 1. The van der Waals surface area contributed by atoms with Crippen molar-refractivity contribution < 1.29 is 18.6 Å². The molecule has 0 saturated heterocycles. The minimum absolute atomic E-state index is 0.0155. The van der Waals surface area contributed by atoms with E-state index in [9.17, 15) is 8.78 Å². The number of hydrogen-bond acceptors (Lipinski definition) is 2. The summed E-state index contributed by atoms with van der Waals surface area (Å²) < 4.78 is 28.7. The molecule has 0 amide bonds. The number of halogens is 2. The minimum Gasteiger partial charge on any atom is -0.508 e. The summed E-state index contributed by atoms with van der Waals surface area (Å²) >= 11 is 0. The first-order valence-electron chi connectivity index (χ1n) is 3.33. The Morgan fingerprint density at radius 1 is 1.25 bits per heavy atom. The Morgan fingerprint density at radius 2 is 1.75 bits per heavy atom. The molecule has 12 heavy (non-hydrogen) atoms. The van der Waals surface area contributed by atoms with Gasteiger partial charge in [0.05, 0.1) is 0 Å². The van der Waals surface area contributed by atoms with Crippen LogP contribution in [0.25, 0.3) is 0 Å². The lowest BCUT2D eigenvalue weighted by atomic mass is 10.3. The summed E-state index contributed by atoms with van der Waals surface area (Å²) in [6, 6.07) is 5.10. The Morgan fingerprint density at radius 3 is 2.17 bits per heavy atom. The first-order chi connectivity index (χ1) is 5.47. The van der Waals surface area contributed by atoms with Gasteiger partial charge < -0.3 is 9.84 Å². The highest BCUT2D eigenvalue weighted by Gasteiger charge is 2.22. The van der Waals surface area contributed by atoms with E-state index < -0.39 is 6.11 Å². The Bertz CT molecular complexity index is 251. The fraction of sp³-hybridized carbons (Fsp3) is 0.250. The molecule has 0 aliphatic carbocycles. The summed E-state index contributed by atoms with van der Waals surface area (Å²) in [4.78, 5) is 0. The van der Waals surface area contributed by atoms with Crippen molar-refractivity contribution in [1.82, 2.24) is 0 Å². The number of ether oxygens (including phenoxy) is 1. The van der Waals surface area contributed by atoms with Crippen LogP contribution >= 0.6 is 0 Å². The first-order valence-corrected chi connectivity index (χ1v) is 3.33. The van der Waals surface area contributed by atoms with Crippen molar-refractivity contribution in [2.75, 3.05) is 0 Å². The maximum absolute atomic E-state index is 12.2. The summed E-state index contributed by atoms with van der Waals surface area (Å²) in [6.45, 7) is 0.653. The molecule has 0 aliphatic heterocycles. The van der Waals surface area contributed by atoms with Crippen molar-refractivity contribution in [2.24, 2.45) is 0 Å². The van der Waals surface area contributed by atoms with Crippen molar-refractivity contribution in [3.8, 4) is 11.5 Å². The van der Waals surface area contributed by atoms with E-state index in [1.54, 1.807) is 0 Å². The molecule has 1 aromatic rings. The van der Waals surface area contributed by atoms with Gasteiger partial charge in [-0.15, -0.1) is 0 Å². The van der Waals surface area contributed by atoms with Crippen LogP contribution in [0.4, 0.5) is 8.78 Å². The summed E-state index contributed by atoms with van der Waals surface area (Å²) in [5.41, 5.74) is 0. The molecule has 66 valence electrons. The molecule has 0 bridgehead atoms. The average molecular weight is 174 g/mol. The molecule has 0 saturated carbocycles. The maximum Gasteiger partial charge on any atom is 0.394 e. The molecule has 1 rings (SSSR count). The van der Waals surface area contributed by atoms with Gasteiger partial charge in [-0.25, -0.2) is 0 Å². The smallest absolute Gasteiger partial charge is 0.394 e. The maximum atomic E-state index is 12.2. The van der Waals surface area contributed by atoms with E-state index in [1.807, 2.05) is 0 Å². The Labute approximate surface area is 68.4 Å². The zero-order valence-electron chi connectivity index (χ0n) is 6.42. The van der Waals surface area contributed by atoms with Gasteiger partial charge in [0.1, 0.15) is 11.5 Å². The average Bonchev–Trinajstić information content (AvgIpc) is 1.91. The van der Waals surface area contributed by atoms with Crippen LogP contribution < -0.4 is 4.74 Å². The topological polar surface area (TPSA) is 29.5 Å². The molecule has 4 heteroatoms. The van der Waals surface area contributed by atoms with E-state index >= 15 is 0 Å². The Balaban J connectivity index is 2.71. The van der Waals surface area contributed by atoms with Crippen LogP contribution in [0.5, 0.6) is 11.5 Å². The quantitative estimate of drug-likeness (QED) is 0.745. The van der Waals surface area contributed by atoms with Crippen LogP contribution in [0.15, 0.2) is 24.3 Å². The van der Waals surface area contributed by atoms with Gasteiger partial charge in [-0.2, -0.15) is 8.78 Å². The van der Waals surface area contributed by atoms with Crippen LogP contribution in [0.3, 0.4) is 0 Å². The second kappa shape index (κ2) is 2.97. The van der Waals surface area contributed by atoms with Crippen LogP contribution in [0, 0.1) is 0 Å². The van der Waals surface area contributed by atoms with Crippen molar-refractivity contribution >= 4 is 0 Å². The normalized spacial score (nSPS) is 11.2. The number of alkyl halides is 2. The lowest BCUT2D eigenvalue weighted by Crippen LogP contribution is -2.18. The van der Waals surface area contributed by atoms with Gasteiger partial charge in [-0.3, -0.25) is 0 Å². The second-order valence-electron chi connectivity index (χ2n) is 2.40. The molecule has 0 fully saturated rings. The van der Waals surface area contributed by atoms with Crippen molar-refractivity contribution in [1.29, 1.82) is 0 Å². The van der Waals surface area contributed by atoms with Crippen molar-refractivity contribution in [3.05, 3.63) is 24.3 Å². The van der Waals surface area contributed by atoms with Crippen LogP contribution in [-0.2, 0) is 0 Å². The molecule has 0 atom stereocenters. The predicted molar refractivity (Wildman–Crippen MR) is 39.4 cm³/mol. The van der Waals surface area contributed by atoms with Crippen molar-refractivity contribution in [3.63, 3.8) is 0 Å². The number of benzene rings is 1. The predicted octanol–water partition coefficient (Wildman–Crippen LogP) is 2.38. The molecule has 1 aromatic carbocycles. The number of aromatic hydroxyl groups is 1. The van der Waals surface area contributed by atoms with Crippen LogP contribution in [-0.4, -0.2) is 11.2 Å². The standard InChI is InChI=1S/C8H8F2O2/c1-8(9,10)12-7-4-2-6(11)3-5-7/h2-5,11H,1H3. The van der Waals surface area contributed by atoms with Gasteiger partial charge in [0.15, 0.2) is 0 Å². The summed E-state index contributed by atoms with van der Waals surface area (Å²) in [5, 5.41) is 8.81. The van der Waals surface area contributed by atoms with E-state index in [0.29, 0.717) is 6.92 Å². The molecule has 0 unspecified atom stereocenters. The number of phenols is 1. The lowest BCUT2D eigenvalue weighted by molar-refractivity contribution is -0.158. The number of rotatable bonds is 2. The molecule has 1 N–H and O–H groups in total. The van der Waals surface area contributed by atoms with Gasteiger partial charge in [-0.1, -0.05) is 0 Å². The highest BCUT2D eigenvalue weighted by Crippen LogP contribution is 2.22. The highest BCUT2D eigenvalue weighted by atomic mass is 19.3. The van der Waals surface area contributed by atoms with E-state index in [1.165, 1.54) is 24.3 Å². The zero-order chi connectivity index (χ0) is 9.19. The van der Waals surface area contributed by atoms with Gasteiger partial charge >= 0.3 is 6.11 Å². The number of hydrogen-bond donors (Lipinski definition) is 1. The van der Waals surface area contributed by atoms with E-state index in [2.05, 4.69) is 4.74 Å². The summed E-state index contributed by atoms with van der Waals surface area (Å²) in [5.74, 6) is 0.0436. The Kier molecular flexibility index (Phi) is 2.17. The Hall–Kier alpha value is -1.32. The zero-order valence-corrected chi connectivity index (χ0v) is 6.42. The molecular weight excluding hydrogens is 166 g/mol. The van der Waals surface area contributed by atoms with E-state index in [4.69, 9.17) is 5.11 Å². The highest BCUT2D eigenvalue weighted by molar-refractivity contribution is 5.30. The monoisotopic (exact) mass is 174 g/mol. The van der Waals surface area contributed by atoms with Crippen LogP contribution in [0.2, 0.25) is 0 Å². The third-order valence-electron chi connectivity index (χ3n) is 1.13. The van der Waals surface area contributed by atoms with Crippen molar-refractivity contribution in [2.45, 2.75) is 13.0 Å². The molecule has 0 radical (unpaired) electrons. The van der Waals surface area contributed by atoms with Gasteiger partial charge in [-0.05, 0) is 24.3 Å². The minimum atomic E-state index is -3.18. The van der Waals surface area contributed by atoms with Gasteiger partial charge in [0, 0.05) is 6.92 Å². The molecule has 0 aromatic heterocycles. The molecule has 0 spiro atoms. The second-order valence-corrected chi connectivity index (χ2v) is 2.40. The third-order valence-corrected chi connectivity index (χ3v) is 1.13. The first kappa shape index (κ1) is 8.77. The third kappa shape index (κ3) is 2.74. The van der Waals surface area contributed by atoms with Gasteiger partial charge in [0.2, 0.25) is 0 Å². The van der Waals surface area contributed by atoms with Crippen LogP contribution in [0.1, 0.15) is 6.92 Å². The van der Waals surface area contributed by atoms with E-state index in [0.717, 1.165) is 0 Å². The molecule has 0 aliphatic rings. The molecule has 0 heterocycles. The summed E-state index contributed by atoms with van der Waals surface area (Å²) in [6.07, 6.45) is -3.18. The largest absolute Gasteiger partial charge is 0.508 e. The SMILES string of the molecule is CC(F)(F)Oc1ccc(O)cc1. The molecule has 2 nitrogen and oxygen atoms in total. The lowest BCUT2D eigenvalue weighted by Gasteiger charge is -2.12. The van der Waals surface area contributed by atoms with Gasteiger partial charge in [0.25, 0.3) is 0 Å². The fourth-order valence-corrected chi connectivity index (χ4v) is 0.721.